The quantitative estimate of drug-likeness (QED) is 0.184. The SMILES string of the molecule is c1cncc(-c2cccc(-c3ccc4nn(-c5ccc(-c6c7ccccc7c(-c7cccnc7)c7ccccc67)cc5)nc4c3)c2)c1. The van der Waals surface area contributed by atoms with Gasteiger partial charge in [-0.25, -0.2) is 0 Å². The van der Waals surface area contributed by atoms with Crippen molar-refractivity contribution in [2.75, 3.05) is 0 Å². The zero-order valence-electron chi connectivity index (χ0n) is 25.3. The molecule has 0 unspecified atom stereocenters. The Balaban J connectivity index is 1.10. The minimum atomic E-state index is 0.848. The molecule has 0 radical (unpaired) electrons. The number of fused-ring (bicyclic) bond motifs is 3. The van der Waals surface area contributed by atoms with Crippen LogP contribution in [0.15, 0.2) is 164 Å². The van der Waals surface area contributed by atoms with Gasteiger partial charge in [-0.2, -0.15) is 4.80 Å². The summed E-state index contributed by atoms with van der Waals surface area (Å²) in [6.07, 6.45) is 7.46. The fourth-order valence-corrected chi connectivity index (χ4v) is 6.64. The van der Waals surface area contributed by atoms with Crippen molar-refractivity contribution in [3.8, 4) is 50.2 Å². The van der Waals surface area contributed by atoms with Crippen LogP contribution >= 0.6 is 0 Å². The summed E-state index contributed by atoms with van der Waals surface area (Å²) < 4.78 is 0. The Bertz CT molecular complexity index is 2500. The van der Waals surface area contributed by atoms with Gasteiger partial charge in [-0.1, -0.05) is 97.1 Å². The van der Waals surface area contributed by atoms with Gasteiger partial charge in [0.25, 0.3) is 0 Å². The van der Waals surface area contributed by atoms with E-state index in [9.17, 15) is 0 Å². The van der Waals surface area contributed by atoms with Gasteiger partial charge in [0, 0.05) is 35.9 Å². The highest BCUT2D eigenvalue weighted by Gasteiger charge is 2.17. The summed E-state index contributed by atoms with van der Waals surface area (Å²) in [5.41, 5.74) is 11.7. The Kier molecular flexibility index (Phi) is 6.39. The van der Waals surface area contributed by atoms with Gasteiger partial charge in [0.05, 0.1) is 5.69 Å². The van der Waals surface area contributed by atoms with E-state index >= 15 is 0 Å². The van der Waals surface area contributed by atoms with Crippen LogP contribution in [0.3, 0.4) is 0 Å². The molecular weight excluding hydrogens is 574 g/mol. The van der Waals surface area contributed by atoms with Gasteiger partial charge in [0.1, 0.15) is 11.0 Å². The highest BCUT2D eigenvalue weighted by molar-refractivity contribution is 6.21. The maximum atomic E-state index is 4.89. The Morgan fingerprint density at radius 3 is 1.49 bits per heavy atom. The van der Waals surface area contributed by atoms with E-state index in [0.29, 0.717) is 0 Å². The van der Waals surface area contributed by atoms with Crippen molar-refractivity contribution in [1.29, 1.82) is 0 Å². The first kappa shape index (κ1) is 26.9. The average molecular weight is 602 g/mol. The van der Waals surface area contributed by atoms with Crippen LogP contribution in [-0.4, -0.2) is 25.0 Å². The third-order valence-corrected chi connectivity index (χ3v) is 8.84. The van der Waals surface area contributed by atoms with Crippen LogP contribution in [0.5, 0.6) is 0 Å². The van der Waals surface area contributed by atoms with Crippen molar-refractivity contribution in [3.05, 3.63) is 164 Å². The Morgan fingerprint density at radius 2 is 0.872 bits per heavy atom. The van der Waals surface area contributed by atoms with E-state index in [1.807, 2.05) is 36.8 Å². The molecule has 9 rings (SSSR count). The molecule has 0 N–H and O–H groups in total. The van der Waals surface area contributed by atoms with Crippen LogP contribution in [0, 0.1) is 0 Å². The van der Waals surface area contributed by atoms with Crippen LogP contribution in [-0.2, 0) is 0 Å². The molecule has 0 atom stereocenters. The van der Waals surface area contributed by atoms with Crippen molar-refractivity contribution in [1.82, 2.24) is 25.0 Å². The molecule has 9 aromatic rings. The second-order valence-corrected chi connectivity index (χ2v) is 11.6. The smallest absolute Gasteiger partial charge is 0.114 e. The lowest BCUT2D eigenvalue weighted by Gasteiger charge is -2.17. The first-order chi connectivity index (χ1) is 23.3. The van der Waals surface area contributed by atoms with Gasteiger partial charge in [0.15, 0.2) is 0 Å². The lowest BCUT2D eigenvalue weighted by atomic mass is 9.86. The standard InChI is InChI=1S/C42H27N5/c1-3-14-37-35(12-1)41(36-13-2-4-15-38(36)42(37)33-11-7-23-44-27-33)28-16-19-34(20-17-28)47-45-39-21-18-31(25-40(39)46-47)29-8-5-9-30(24-29)32-10-6-22-43-26-32/h1-27H. The molecule has 0 bridgehead atoms. The third-order valence-electron chi connectivity index (χ3n) is 8.84. The molecule has 0 saturated carbocycles. The summed E-state index contributed by atoms with van der Waals surface area (Å²) in [6, 6.07) is 48.8. The van der Waals surface area contributed by atoms with Crippen LogP contribution in [0.4, 0.5) is 0 Å². The predicted molar refractivity (Wildman–Crippen MR) is 191 cm³/mol. The molecule has 5 nitrogen and oxygen atoms in total. The zero-order chi connectivity index (χ0) is 31.2. The lowest BCUT2D eigenvalue weighted by Crippen LogP contribution is -1.98. The fourth-order valence-electron chi connectivity index (χ4n) is 6.64. The highest BCUT2D eigenvalue weighted by Crippen LogP contribution is 2.43. The first-order valence-corrected chi connectivity index (χ1v) is 15.6. The van der Waals surface area contributed by atoms with Crippen LogP contribution in [0.25, 0.3) is 82.8 Å². The molecule has 0 saturated heterocycles. The summed E-state index contributed by atoms with van der Waals surface area (Å²) >= 11 is 0. The van der Waals surface area contributed by atoms with Crippen molar-refractivity contribution < 1.29 is 0 Å². The van der Waals surface area contributed by atoms with E-state index < -0.39 is 0 Å². The molecule has 47 heavy (non-hydrogen) atoms. The number of aromatic nitrogens is 5. The van der Waals surface area contributed by atoms with Crippen LogP contribution < -0.4 is 0 Å². The Morgan fingerprint density at radius 1 is 0.362 bits per heavy atom. The highest BCUT2D eigenvalue weighted by atomic mass is 15.5. The van der Waals surface area contributed by atoms with Crippen molar-refractivity contribution >= 4 is 32.6 Å². The van der Waals surface area contributed by atoms with E-state index in [-0.39, 0.29) is 0 Å². The molecule has 3 aromatic heterocycles. The van der Waals surface area contributed by atoms with Crippen LogP contribution in [0.1, 0.15) is 0 Å². The molecule has 5 heteroatoms. The van der Waals surface area contributed by atoms with Gasteiger partial charge in [-0.3, -0.25) is 9.97 Å². The number of pyridine rings is 2. The summed E-state index contributed by atoms with van der Waals surface area (Å²) in [7, 11) is 0. The molecule has 6 aromatic carbocycles. The molecule has 0 aliphatic carbocycles. The maximum absolute atomic E-state index is 4.89. The average Bonchev–Trinajstić information content (AvgIpc) is 3.58. The van der Waals surface area contributed by atoms with Crippen molar-refractivity contribution in [3.63, 3.8) is 0 Å². The molecule has 3 heterocycles. The number of hydrogen-bond acceptors (Lipinski definition) is 4. The van der Waals surface area contributed by atoms with E-state index in [4.69, 9.17) is 10.2 Å². The fraction of sp³-hybridized carbons (Fsp3) is 0. The van der Waals surface area contributed by atoms with Gasteiger partial charge < -0.3 is 0 Å². The van der Waals surface area contributed by atoms with Crippen molar-refractivity contribution in [2.45, 2.75) is 0 Å². The zero-order valence-corrected chi connectivity index (χ0v) is 25.3. The summed E-state index contributed by atoms with van der Waals surface area (Å²) in [5, 5.41) is 14.5. The third kappa shape index (κ3) is 4.73. The Hall–Kier alpha value is -6.46. The minimum absolute atomic E-state index is 0.848. The molecule has 0 amide bonds. The van der Waals surface area contributed by atoms with Crippen molar-refractivity contribution in [2.24, 2.45) is 0 Å². The second-order valence-electron chi connectivity index (χ2n) is 11.6. The minimum Gasteiger partial charge on any atom is -0.264 e. The molecule has 0 aliphatic heterocycles. The normalized spacial score (nSPS) is 11.4. The predicted octanol–water partition coefficient (Wildman–Crippen LogP) is 10.2. The van der Waals surface area contributed by atoms with Gasteiger partial charge in [-0.05, 0) is 97.4 Å². The van der Waals surface area contributed by atoms with E-state index in [2.05, 4.69) is 131 Å². The molecular formula is C42H27N5. The first-order valence-electron chi connectivity index (χ1n) is 15.6. The molecule has 0 aliphatic rings. The number of rotatable bonds is 5. The molecule has 220 valence electrons. The largest absolute Gasteiger partial charge is 0.264 e. The molecule has 0 spiro atoms. The van der Waals surface area contributed by atoms with Gasteiger partial charge in [0.2, 0.25) is 0 Å². The Labute approximate surface area is 271 Å². The maximum Gasteiger partial charge on any atom is 0.114 e. The number of benzene rings is 6. The van der Waals surface area contributed by atoms with E-state index in [1.54, 1.807) is 11.0 Å². The summed E-state index contributed by atoms with van der Waals surface area (Å²) in [5.74, 6) is 0. The van der Waals surface area contributed by atoms with E-state index in [0.717, 1.165) is 50.1 Å². The number of nitrogens with zero attached hydrogens (tertiary/aromatic N) is 5. The van der Waals surface area contributed by atoms with Gasteiger partial charge >= 0.3 is 0 Å². The van der Waals surface area contributed by atoms with Crippen LogP contribution in [0.2, 0.25) is 0 Å². The molecule has 0 fully saturated rings. The topological polar surface area (TPSA) is 56.5 Å². The number of hydrogen-bond donors (Lipinski definition) is 0. The summed E-state index contributed by atoms with van der Waals surface area (Å²) in [6.45, 7) is 0. The second kappa shape index (κ2) is 11.2. The monoisotopic (exact) mass is 601 g/mol. The summed E-state index contributed by atoms with van der Waals surface area (Å²) in [4.78, 5) is 10.4. The van der Waals surface area contributed by atoms with Gasteiger partial charge in [-0.15, -0.1) is 10.2 Å². The lowest BCUT2D eigenvalue weighted by molar-refractivity contribution is 0.766. The van der Waals surface area contributed by atoms with E-state index in [1.165, 1.54) is 32.7 Å².